The molecular weight excluding hydrogens is 362 g/mol. The molecule has 0 aliphatic carbocycles. The molecule has 8 heteroatoms. The van der Waals surface area contributed by atoms with Crippen molar-refractivity contribution in [3.63, 3.8) is 0 Å². The van der Waals surface area contributed by atoms with Gasteiger partial charge in [0.15, 0.2) is 5.69 Å². The Morgan fingerprint density at radius 1 is 1.26 bits per heavy atom. The molecule has 0 saturated carbocycles. The Hall–Kier alpha value is -2.97. The summed E-state index contributed by atoms with van der Waals surface area (Å²) in [5, 5.41) is 6.66. The lowest BCUT2D eigenvalue weighted by atomic mass is 10.1. The predicted octanol–water partition coefficient (Wildman–Crippen LogP) is 2.78. The van der Waals surface area contributed by atoms with E-state index in [9.17, 15) is 4.79 Å². The molecule has 4 rings (SSSR count). The van der Waals surface area contributed by atoms with Crippen molar-refractivity contribution < 1.29 is 9.53 Å². The van der Waals surface area contributed by atoms with Gasteiger partial charge >= 0.3 is 0 Å². The number of nitrogens with two attached hydrogens (primary N) is 1. The number of nitrogens with one attached hydrogen (secondary N) is 2. The molecule has 1 saturated heterocycles. The maximum atomic E-state index is 12.8. The van der Waals surface area contributed by atoms with Gasteiger partial charge in [0, 0.05) is 23.6 Å². The second-order valence-corrected chi connectivity index (χ2v) is 6.98. The van der Waals surface area contributed by atoms with E-state index in [1.54, 1.807) is 18.3 Å². The van der Waals surface area contributed by atoms with Crippen LogP contribution in [0.3, 0.4) is 0 Å². The molecule has 2 aromatic heterocycles. The molecule has 1 aliphatic rings. The summed E-state index contributed by atoms with van der Waals surface area (Å²) in [5.74, 6) is -0.389. The quantitative estimate of drug-likeness (QED) is 0.628. The number of ether oxygens (including phenoxy) is 1. The Bertz CT molecular complexity index is 938. The third-order valence-electron chi connectivity index (χ3n) is 4.29. The average molecular weight is 381 g/mol. The van der Waals surface area contributed by atoms with Crippen LogP contribution in [-0.2, 0) is 0 Å². The first-order valence-corrected chi connectivity index (χ1v) is 9.43. The number of hydrogen-bond acceptors (Lipinski definition) is 7. The van der Waals surface area contributed by atoms with Crippen molar-refractivity contribution in [1.82, 2.24) is 14.7 Å². The molecule has 27 heavy (non-hydrogen) atoms. The summed E-state index contributed by atoms with van der Waals surface area (Å²) < 4.78 is 10.1. The van der Waals surface area contributed by atoms with Gasteiger partial charge in [0.25, 0.3) is 5.91 Å². The van der Waals surface area contributed by atoms with Crippen molar-refractivity contribution in [1.29, 1.82) is 0 Å². The normalized spacial score (nSPS) is 16.2. The first kappa shape index (κ1) is 17.4. The standard InChI is InChI=1S/C19H19N5O2S/c20-14-6-7-15(12-4-2-1-3-5-12)23-17(14)18(25)24-16-11-22-27-19(16)26-13-8-9-21-10-13/h1-7,11,13,21H,8-10,20H2,(H,24,25). The number of carbonyl (C=O) groups is 1. The minimum absolute atomic E-state index is 0.0886. The van der Waals surface area contributed by atoms with E-state index in [1.807, 2.05) is 30.3 Å². The number of hydrogen-bond donors (Lipinski definition) is 3. The molecule has 4 N–H and O–H groups in total. The van der Waals surface area contributed by atoms with Crippen LogP contribution in [0.5, 0.6) is 5.06 Å². The lowest BCUT2D eigenvalue weighted by Gasteiger charge is -2.13. The summed E-state index contributed by atoms with van der Waals surface area (Å²) in [5.41, 5.74) is 8.62. The van der Waals surface area contributed by atoms with Gasteiger partial charge in [-0.25, -0.2) is 4.98 Å². The smallest absolute Gasteiger partial charge is 0.276 e. The number of anilines is 2. The van der Waals surface area contributed by atoms with E-state index in [-0.39, 0.29) is 17.7 Å². The van der Waals surface area contributed by atoms with Crippen LogP contribution >= 0.6 is 11.5 Å². The van der Waals surface area contributed by atoms with Gasteiger partial charge in [-0.15, -0.1) is 0 Å². The first-order valence-electron chi connectivity index (χ1n) is 8.66. The van der Waals surface area contributed by atoms with Crippen molar-refractivity contribution in [2.75, 3.05) is 24.1 Å². The molecule has 7 nitrogen and oxygen atoms in total. The van der Waals surface area contributed by atoms with Gasteiger partial charge in [-0.05, 0) is 25.1 Å². The molecule has 3 heterocycles. The molecule has 1 fully saturated rings. The maximum Gasteiger partial charge on any atom is 0.276 e. The van der Waals surface area contributed by atoms with Crippen LogP contribution in [0.4, 0.5) is 11.4 Å². The largest absolute Gasteiger partial charge is 0.477 e. The van der Waals surface area contributed by atoms with Crippen molar-refractivity contribution in [3.05, 3.63) is 54.4 Å². The van der Waals surface area contributed by atoms with E-state index < -0.39 is 0 Å². The predicted molar refractivity (Wildman–Crippen MR) is 106 cm³/mol. The van der Waals surface area contributed by atoms with E-state index in [0.717, 1.165) is 25.1 Å². The summed E-state index contributed by atoms with van der Waals surface area (Å²) in [6, 6.07) is 13.1. The number of nitrogen functional groups attached to an aromatic ring is 1. The van der Waals surface area contributed by atoms with Gasteiger partial charge < -0.3 is 21.1 Å². The summed E-state index contributed by atoms with van der Waals surface area (Å²) in [4.78, 5) is 17.2. The molecule has 1 unspecified atom stereocenters. The van der Waals surface area contributed by atoms with Crippen molar-refractivity contribution in [2.45, 2.75) is 12.5 Å². The highest BCUT2D eigenvalue weighted by Gasteiger charge is 2.21. The molecule has 0 spiro atoms. The van der Waals surface area contributed by atoms with Gasteiger partial charge in [-0.1, -0.05) is 30.3 Å². The zero-order chi connectivity index (χ0) is 18.6. The minimum Gasteiger partial charge on any atom is -0.477 e. The van der Waals surface area contributed by atoms with Crippen LogP contribution in [0.25, 0.3) is 11.3 Å². The van der Waals surface area contributed by atoms with E-state index in [2.05, 4.69) is 20.0 Å². The summed E-state index contributed by atoms with van der Waals surface area (Å²) in [6.07, 6.45) is 2.60. The SMILES string of the molecule is Nc1ccc(-c2ccccc2)nc1C(=O)Nc1cnsc1OC1CCNC1. The van der Waals surface area contributed by atoms with E-state index >= 15 is 0 Å². The fourth-order valence-corrected chi connectivity index (χ4v) is 3.52. The van der Waals surface area contributed by atoms with Gasteiger partial charge in [0.05, 0.1) is 17.6 Å². The topological polar surface area (TPSA) is 102 Å². The van der Waals surface area contributed by atoms with Gasteiger partial charge in [-0.2, -0.15) is 4.37 Å². The van der Waals surface area contributed by atoms with Crippen molar-refractivity contribution in [2.24, 2.45) is 0 Å². The lowest BCUT2D eigenvalue weighted by Crippen LogP contribution is -2.20. The van der Waals surface area contributed by atoms with E-state index in [0.29, 0.717) is 22.1 Å². The van der Waals surface area contributed by atoms with Crippen LogP contribution in [0, 0.1) is 0 Å². The molecule has 1 aromatic carbocycles. The number of benzene rings is 1. The zero-order valence-corrected chi connectivity index (χ0v) is 15.3. The third-order valence-corrected chi connectivity index (χ3v) is 4.98. The molecular formula is C19H19N5O2S. The summed E-state index contributed by atoms with van der Waals surface area (Å²) >= 11 is 1.21. The first-order chi connectivity index (χ1) is 13.2. The van der Waals surface area contributed by atoms with Crippen LogP contribution in [0.2, 0.25) is 0 Å². The molecule has 1 amide bonds. The zero-order valence-electron chi connectivity index (χ0n) is 14.5. The number of rotatable bonds is 5. The number of pyridine rings is 1. The number of amides is 1. The third kappa shape index (κ3) is 3.91. The van der Waals surface area contributed by atoms with Gasteiger partial charge in [0.1, 0.15) is 11.8 Å². The fourth-order valence-electron chi connectivity index (χ4n) is 2.88. The van der Waals surface area contributed by atoms with Crippen LogP contribution in [0.15, 0.2) is 48.7 Å². The van der Waals surface area contributed by atoms with Gasteiger partial charge in [0.2, 0.25) is 5.06 Å². The summed E-state index contributed by atoms with van der Waals surface area (Å²) in [6.45, 7) is 1.72. The Morgan fingerprint density at radius 2 is 2.11 bits per heavy atom. The Labute approximate surface area is 160 Å². The fraction of sp³-hybridized carbons (Fsp3) is 0.211. The average Bonchev–Trinajstić information content (AvgIpc) is 3.36. The van der Waals surface area contributed by atoms with Gasteiger partial charge in [-0.3, -0.25) is 4.79 Å². The van der Waals surface area contributed by atoms with E-state index in [1.165, 1.54) is 11.5 Å². The molecule has 1 aliphatic heterocycles. The number of aromatic nitrogens is 2. The Morgan fingerprint density at radius 3 is 2.89 bits per heavy atom. The second kappa shape index (κ2) is 7.73. The highest BCUT2D eigenvalue weighted by Crippen LogP contribution is 2.31. The monoisotopic (exact) mass is 381 g/mol. The van der Waals surface area contributed by atoms with Crippen LogP contribution in [-0.4, -0.2) is 34.5 Å². The van der Waals surface area contributed by atoms with E-state index in [4.69, 9.17) is 10.5 Å². The van der Waals surface area contributed by atoms with Crippen LogP contribution < -0.4 is 21.1 Å². The lowest BCUT2D eigenvalue weighted by molar-refractivity contribution is 0.102. The second-order valence-electron chi connectivity index (χ2n) is 6.21. The molecule has 3 aromatic rings. The number of carbonyl (C=O) groups excluding carboxylic acids is 1. The Kier molecular flexibility index (Phi) is 4.99. The molecule has 0 radical (unpaired) electrons. The highest BCUT2D eigenvalue weighted by molar-refractivity contribution is 7.08. The number of nitrogens with zero attached hydrogens (tertiary/aromatic N) is 2. The molecule has 1 atom stereocenters. The molecule has 0 bridgehead atoms. The molecule has 138 valence electrons. The Balaban J connectivity index is 1.54. The van der Waals surface area contributed by atoms with Crippen LogP contribution in [0.1, 0.15) is 16.9 Å². The minimum atomic E-state index is -0.389. The van der Waals surface area contributed by atoms with Crippen molar-refractivity contribution in [3.8, 4) is 16.3 Å². The highest BCUT2D eigenvalue weighted by atomic mass is 32.1. The van der Waals surface area contributed by atoms with Crippen molar-refractivity contribution >= 4 is 28.8 Å². The maximum absolute atomic E-state index is 12.8. The summed E-state index contributed by atoms with van der Waals surface area (Å²) in [7, 11) is 0.